The van der Waals surface area contributed by atoms with E-state index in [-0.39, 0.29) is 18.4 Å². The highest BCUT2D eigenvalue weighted by molar-refractivity contribution is 5.88. The van der Waals surface area contributed by atoms with Gasteiger partial charge in [0, 0.05) is 20.0 Å². The molecule has 0 aliphatic heterocycles. The number of nitrogens with zero attached hydrogens (tertiary/aromatic N) is 1. The highest BCUT2D eigenvalue weighted by Gasteiger charge is 2.30. The number of ether oxygens (including phenoxy) is 1. The number of aryl methyl sites for hydroxylation is 2. The van der Waals surface area contributed by atoms with Crippen LogP contribution in [0.4, 0.5) is 0 Å². The van der Waals surface area contributed by atoms with Crippen LogP contribution < -0.4 is 10.1 Å². The van der Waals surface area contributed by atoms with Crippen LogP contribution in [0.3, 0.4) is 0 Å². The Kier molecular flexibility index (Phi) is 8.03. The van der Waals surface area contributed by atoms with Crippen molar-refractivity contribution in [2.75, 3.05) is 13.7 Å². The lowest BCUT2D eigenvalue weighted by molar-refractivity contribution is -0.142. The molecule has 0 aliphatic rings. The summed E-state index contributed by atoms with van der Waals surface area (Å²) in [6.45, 7) is 4.11. The van der Waals surface area contributed by atoms with E-state index >= 15 is 0 Å². The van der Waals surface area contributed by atoms with Crippen molar-refractivity contribution in [3.8, 4) is 5.75 Å². The van der Waals surface area contributed by atoms with Crippen LogP contribution in [0.2, 0.25) is 0 Å². The fourth-order valence-electron chi connectivity index (χ4n) is 3.59. The molecule has 32 heavy (non-hydrogen) atoms. The number of amides is 2. The Bertz CT molecular complexity index is 1040. The van der Waals surface area contributed by atoms with Crippen LogP contribution in [0.5, 0.6) is 5.75 Å². The maximum absolute atomic E-state index is 13.4. The van der Waals surface area contributed by atoms with E-state index in [1.54, 1.807) is 11.9 Å². The second kappa shape index (κ2) is 11.1. The minimum atomic E-state index is -0.655. The molecule has 0 radical (unpaired) electrons. The van der Waals surface area contributed by atoms with Crippen molar-refractivity contribution in [2.45, 2.75) is 32.9 Å². The summed E-state index contributed by atoms with van der Waals surface area (Å²) in [5.41, 5.74) is 3.97. The molecular weight excluding hydrogens is 400 g/mol. The monoisotopic (exact) mass is 430 g/mol. The predicted molar refractivity (Wildman–Crippen MR) is 126 cm³/mol. The number of hydrogen-bond donors (Lipinski definition) is 1. The number of nitrogens with one attached hydrogen (secondary N) is 1. The Balaban J connectivity index is 1.87. The van der Waals surface area contributed by atoms with Gasteiger partial charge in [-0.3, -0.25) is 9.59 Å². The lowest BCUT2D eigenvalue weighted by atomic mass is 10.0. The Morgan fingerprint density at radius 1 is 0.906 bits per heavy atom. The molecule has 5 nitrogen and oxygen atoms in total. The van der Waals surface area contributed by atoms with Crippen molar-refractivity contribution in [1.29, 1.82) is 0 Å². The van der Waals surface area contributed by atoms with Crippen molar-refractivity contribution < 1.29 is 14.3 Å². The van der Waals surface area contributed by atoms with E-state index in [1.165, 1.54) is 0 Å². The molecule has 3 aromatic rings. The van der Waals surface area contributed by atoms with E-state index < -0.39 is 6.04 Å². The molecule has 3 aromatic carbocycles. The first kappa shape index (κ1) is 23.1. The zero-order chi connectivity index (χ0) is 22.9. The molecule has 0 saturated carbocycles. The van der Waals surface area contributed by atoms with Gasteiger partial charge in [-0.2, -0.15) is 0 Å². The third-order valence-corrected chi connectivity index (χ3v) is 5.41. The quantitative estimate of drug-likeness (QED) is 0.557. The highest BCUT2D eigenvalue weighted by atomic mass is 16.5. The van der Waals surface area contributed by atoms with Gasteiger partial charge in [0.1, 0.15) is 11.8 Å². The van der Waals surface area contributed by atoms with Crippen molar-refractivity contribution in [1.82, 2.24) is 10.2 Å². The molecule has 0 fully saturated rings. The van der Waals surface area contributed by atoms with Crippen LogP contribution >= 0.6 is 0 Å². The number of rotatable bonds is 9. The number of hydrogen-bond acceptors (Lipinski definition) is 3. The predicted octanol–water partition coefficient (Wildman–Crippen LogP) is 4.07. The van der Waals surface area contributed by atoms with Crippen LogP contribution in [0.15, 0.2) is 78.9 Å². The van der Waals surface area contributed by atoms with Crippen molar-refractivity contribution in [3.63, 3.8) is 0 Å². The number of carbonyl (C=O) groups excluding carboxylic acids is 2. The molecule has 3 rings (SSSR count). The number of carbonyl (C=O) groups is 2. The van der Waals surface area contributed by atoms with E-state index in [4.69, 9.17) is 4.74 Å². The van der Waals surface area contributed by atoms with Gasteiger partial charge in [-0.15, -0.1) is 0 Å². The summed E-state index contributed by atoms with van der Waals surface area (Å²) in [6.07, 6.45) is 0.419. The molecule has 1 atom stereocenters. The molecular formula is C27H30N2O3. The topological polar surface area (TPSA) is 58.6 Å². The minimum Gasteiger partial charge on any atom is -0.483 e. The van der Waals surface area contributed by atoms with E-state index in [9.17, 15) is 9.59 Å². The van der Waals surface area contributed by atoms with Crippen LogP contribution in [0, 0.1) is 13.8 Å². The number of likely N-dealkylation sites (N-methyl/N-ethyl adjacent to an activating group) is 1. The highest BCUT2D eigenvalue weighted by Crippen LogP contribution is 2.20. The van der Waals surface area contributed by atoms with E-state index in [0.29, 0.717) is 18.7 Å². The van der Waals surface area contributed by atoms with E-state index in [0.717, 1.165) is 22.3 Å². The third-order valence-electron chi connectivity index (χ3n) is 5.41. The average Bonchev–Trinajstić information content (AvgIpc) is 2.82. The Morgan fingerprint density at radius 2 is 1.53 bits per heavy atom. The summed E-state index contributed by atoms with van der Waals surface area (Å²) in [7, 11) is 1.60. The fourth-order valence-corrected chi connectivity index (χ4v) is 3.59. The van der Waals surface area contributed by atoms with E-state index in [1.807, 2.05) is 92.7 Å². The average molecular weight is 431 g/mol. The lowest BCUT2D eigenvalue weighted by Crippen LogP contribution is -2.51. The first-order valence-corrected chi connectivity index (χ1v) is 10.8. The summed E-state index contributed by atoms with van der Waals surface area (Å²) in [4.78, 5) is 27.9. The minimum absolute atomic E-state index is 0.139. The first-order chi connectivity index (χ1) is 15.5. The Morgan fingerprint density at radius 3 is 2.16 bits per heavy atom. The van der Waals surface area contributed by atoms with Gasteiger partial charge >= 0.3 is 0 Å². The van der Waals surface area contributed by atoms with Crippen molar-refractivity contribution in [3.05, 3.63) is 101 Å². The SMILES string of the molecule is CNC(=O)C(Cc1ccccc1)N(Cc1ccccc1)C(=O)COc1cc(C)ccc1C. The first-order valence-electron chi connectivity index (χ1n) is 10.8. The van der Waals surface area contributed by atoms with Gasteiger partial charge in [-0.25, -0.2) is 0 Å². The molecule has 0 heterocycles. The zero-order valence-electron chi connectivity index (χ0n) is 18.9. The summed E-state index contributed by atoms with van der Waals surface area (Å²) in [5.74, 6) is 0.238. The summed E-state index contributed by atoms with van der Waals surface area (Å²) < 4.78 is 5.89. The molecule has 1 unspecified atom stereocenters. The van der Waals surface area contributed by atoms with Crippen LogP contribution in [-0.2, 0) is 22.6 Å². The Labute approximate surface area is 190 Å². The molecule has 5 heteroatoms. The van der Waals surface area contributed by atoms with Crippen LogP contribution in [0.1, 0.15) is 22.3 Å². The maximum Gasteiger partial charge on any atom is 0.261 e. The van der Waals surface area contributed by atoms with Gasteiger partial charge in [0.25, 0.3) is 5.91 Å². The molecule has 0 aromatic heterocycles. The van der Waals surface area contributed by atoms with Gasteiger partial charge in [-0.1, -0.05) is 72.8 Å². The normalized spacial score (nSPS) is 11.5. The Hall–Kier alpha value is -3.60. The van der Waals surface area contributed by atoms with Crippen molar-refractivity contribution >= 4 is 11.8 Å². The second-order valence-corrected chi connectivity index (χ2v) is 7.88. The van der Waals surface area contributed by atoms with Gasteiger partial charge in [-0.05, 0) is 42.2 Å². The summed E-state index contributed by atoms with van der Waals surface area (Å²) >= 11 is 0. The molecule has 0 bridgehead atoms. The van der Waals surface area contributed by atoms with Gasteiger partial charge in [0.15, 0.2) is 6.61 Å². The second-order valence-electron chi connectivity index (χ2n) is 7.88. The summed E-state index contributed by atoms with van der Waals surface area (Å²) in [5, 5.41) is 2.72. The standard InChI is InChI=1S/C27H30N2O3/c1-20-14-15-21(2)25(16-20)32-19-26(30)29(18-23-12-8-5-9-13-23)24(27(31)28-3)17-22-10-6-4-7-11-22/h4-16,24H,17-19H2,1-3H3,(H,28,31). The van der Waals surface area contributed by atoms with Gasteiger partial charge in [0.05, 0.1) is 0 Å². The summed E-state index contributed by atoms with van der Waals surface area (Å²) in [6, 6.07) is 24.7. The maximum atomic E-state index is 13.4. The molecule has 2 amide bonds. The van der Waals surface area contributed by atoms with Gasteiger partial charge in [0.2, 0.25) is 5.91 Å². The zero-order valence-corrected chi connectivity index (χ0v) is 18.9. The molecule has 1 N–H and O–H groups in total. The number of benzene rings is 3. The van der Waals surface area contributed by atoms with Gasteiger partial charge < -0.3 is 15.0 Å². The third kappa shape index (κ3) is 6.20. The van der Waals surface area contributed by atoms with E-state index in [2.05, 4.69) is 5.32 Å². The molecule has 0 aliphatic carbocycles. The van der Waals surface area contributed by atoms with Crippen LogP contribution in [-0.4, -0.2) is 36.4 Å². The van der Waals surface area contributed by atoms with Crippen LogP contribution in [0.25, 0.3) is 0 Å². The molecule has 166 valence electrons. The lowest BCUT2D eigenvalue weighted by Gasteiger charge is -2.31. The largest absolute Gasteiger partial charge is 0.483 e. The van der Waals surface area contributed by atoms with Crippen molar-refractivity contribution in [2.24, 2.45) is 0 Å². The molecule has 0 saturated heterocycles. The smallest absolute Gasteiger partial charge is 0.261 e. The molecule has 0 spiro atoms. The fraction of sp³-hybridized carbons (Fsp3) is 0.259.